The fourth-order valence-electron chi connectivity index (χ4n) is 1.92. The highest BCUT2D eigenvalue weighted by atomic mass is 35.5. The molecule has 100 valence electrons. The molecular weight excluding hydrogens is 262 g/mol. The van der Waals surface area contributed by atoms with E-state index in [-0.39, 0.29) is 5.75 Å². The molecule has 0 aliphatic heterocycles. The van der Waals surface area contributed by atoms with Gasteiger partial charge in [-0.15, -0.1) is 0 Å². The lowest BCUT2D eigenvalue weighted by Gasteiger charge is -2.13. The van der Waals surface area contributed by atoms with Gasteiger partial charge in [-0.25, -0.2) is 0 Å². The fraction of sp³-hybridized carbons (Fsp3) is 0.200. The Kier molecular flexibility index (Phi) is 4.17. The van der Waals surface area contributed by atoms with Gasteiger partial charge in [0.15, 0.2) is 0 Å². The molecule has 4 heteroatoms. The van der Waals surface area contributed by atoms with Crippen LogP contribution in [0.5, 0.6) is 11.5 Å². The number of phenolic OH excluding ortho intramolecular Hbond substituents is 1. The average Bonchev–Trinajstić information content (AvgIpc) is 2.38. The molecule has 2 N–H and O–H groups in total. The Morgan fingerprint density at radius 1 is 1.21 bits per heavy atom. The average molecular weight is 278 g/mol. The topological polar surface area (TPSA) is 41.5 Å². The zero-order chi connectivity index (χ0) is 13.8. The minimum Gasteiger partial charge on any atom is -0.508 e. The van der Waals surface area contributed by atoms with Crippen LogP contribution in [0.25, 0.3) is 0 Å². The summed E-state index contributed by atoms with van der Waals surface area (Å²) < 4.78 is 5.30. The normalized spacial score (nSPS) is 10.3. The van der Waals surface area contributed by atoms with Crippen LogP contribution >= 0.6 is 11.6 Å². The molecule has 0 aromatic heterocycles. The number of aryl methyl sites for hydroxylation is 1. The molecule has 0 aliphatic rings. The molecule has 2 aromatic carbocycles. The molecule has 0 radical (unpaired) electrons. The molecule has 0 spiro atoms. The zero-order valence-corrected chi connectivity index (χ0v) is 11.7. The Balaban J connectivity index is 2.16. The first-order chi connectivity index (χ1) is 9.10. The summed E-state index contributed by atoms with van der Waals surface area (Å²) in [5.41, 5.74) is 2.95. The van der Waals surface area contributed by atoms with E-state index >= 15 is 0 Å². The van der Waals surface area contributed by atoms with E-state index in [0.29, 0.717) is 11.6 Å². The molecule has 2 aromatic rings. The number of halogens is 1. The molecule has 0 unspecified atom stereocenters. The maximum Gasteiger partial charge on any atom is 0.123 e. The van der Waals surface area contributed by atoms with E-state index in [4.69, 9.17) is 16.3 Å². The first-order valence-electron chi connectivity index (χ1n) is 5.96. The minimum absolute atomic E-state index is 0.267. The number of aromatic hydroxyl groups is 1. The van der Waals surface area contributed by atoms with E-state index in [9.17, 15) is 5.11 Å². The second-order valence-electron chi connectivity index (χ2n) is 4.31. The van der Waals surface area contributed by atoms with Gasteiger partial charge in [-0.1, -0.05) is 11.6 Å². The number of methoxy groups -OCH3 is 1. The third-order valence-corrected chi connectivity index (χ3v) is 3.16. The van der Waals surface area contributed by atoms with Crippen molar-refractivity contribution < 1.29 is 9.84 Å². The van der Waals surface area contributed by atoms with Gasteiger partial charge in [0.25, 0.3) is 0 Å². The molecule has 0 saturated carbocycles. The summed E-state index contributed by atoms with van der Waals surface area (Å²) in [6.45, 7) is 2.55. The van der Waals surface area contributed by atoms with Crippen molar-refractivity contribution in [2.45, 2.75) is 13.5 Å². The van der Waals surface area contributed by atoms with Crippen molar-refractivity contribution in [3.63, 3.8) is 0 Å². The molecule has 0 heterocycles. The monoisotopic (exact) mass is 277 g/mol. The maximum atomic E-state index is 9.38. The van der Waals surface area contributed by atoms with E-state index in [1.165, 1.54) is 0 Å². The molecular formula is C15H16ClNO2. The Morgan fingerprint density at radius 2 is 2.00 bits per heavy atom. The summed E-state index contributed by atoms with van der Waals surface area (Å²) in [5.74, 6) is 1.07. The van der Waals surface area contributed by atoms with E-state index in [1.54, 1.807) is 25.3 Å². The fourth-order valence-corrected chi connectivity index (χ4v) is 2.12. The van der Waals surface area contributed by atoms with Crippen LogP contribution in [0.4, 0.5) is 5.69 Å². The van der Waals surface area contributed by atoms with Crippen LogP contribution in [0.1, 0.15) is 11.1 Å². The SMILES string of the molecule is COc1ccc(Cl)cc1CNc1ccc(O)cc1C. The minimum atomic E-state index is 0.267. The third-order valence-electron chi connectivity index (χ3n) is 2.92. The van der Waals surface area contributed by atoms with Crippen LogP contribution in [0.2, 0.25) is 5.02 Å². The number of benzene rings is 2. The summed E-state index contributed by atoms with van der Waals surface area (Å²) in [4.78, 5) is 0. The van der Waals surface area contributed by atoms with E-state index < -0.39 is 0 Å². The second kappa shape index (κ2) is 5.85. The number of hydrogen-bond donors (Lipinski definition) is 2. The smallest absolute Gasteiger partial charge is 0.123 e. The van der Waals surface area contributed by atoms with Crippen LogP contribution in [-0.4, -0.2) is 12.2 Å². The highest BCUT2D eigenvalue weighted by Gasteiger charge is 2.05. The lowest BCUT2D eigenvalue weighted by atomic mass is 10.1. The highest BCUT2D eigenvalue weighted by molar-refractivity contribution is 6.30. The Hall–Kier alpha value is -1.87. The molecule has 3 nitrogen and oxygen atoms in total. The summed E-state index contributed by atoms with van der Waals surface area (Å²) >= 11 is 5.99. The predicted molar refractivity (Wildman–Crippen MR) is 78.2 cm³/mol. The Bertz CT molecular complexity index is 584. The summed E-state index contributed by atoms with van der Waals surface area (Å²) in [7, 11) is 1.64. The molecule has 19 heavy (non-hydrogen) atoms. The van der Waals surface area contributed by atoms with Crippen LogP contribution in [0.15, 0.2) is 36.4 Å². The van der Waals surface area contributed by atoms with Crippen molar-refractivity contribution in [3.05, 3.63) is 52.5 Å². The summed E-state index contributed by atoms with van der Waals surface area (Å²) in [6.07, 6.45) is 0. The maximum absolute atomic E-state index is 9.38. The molecule has 0 fully saturated rings. The number of rotatable bonds is 4. The van der Waals surface area contributed by atoms with Crippen molar-refractivity contribution in [1.29, 1.82) is 0 Å². The zero-order valence-electron chi connectivity index (χ0n) is 10.9. The Morgan fingerprint density at radius 3 is 2.68 bits per heavy atom. The van der Waals surface area contributed by atoms with Crippen LogP contribution in [-0.2, 0) is 6.54 Å². The van der Waals surface area contributed by atoms with Gasteiger partial charge in [-0.05, 0) is 48.9 Å². The number of anilines is 1. The summed E-state index contributed by atoms with van der Waals surface area (Å²) in [5, 5.41) is 13.4. The van der Waals surface area contributed by atoms with Crippen molar-refractivity contribution in [2.75, 3.05) is 12.4 Å². The van der Waals surface area contributed by atoms with E-state index in [2.05, 4.69) is 5.32 Å². The van der Waals surface area contributed by atoms with Gasteiger partial charge < -0.3 is 15.2 Å². The highest BCUT2D eigenvalue weighted by Crippen LogP contribution is 2.25. The van der Waals surface area contributed by atoms with Crippen molar-refractivity contribution >= 4 is 17.3 Å². The van der Waals surface area contributed by atoms with Gasteiger partial charge in [0.1, 0.15) is 11.5 Å². The van der Waals surface area contributed by atoms with Crippen LogP contribution in [0.3, 0.4) is 0 Å². The lowest BCUT2D eigenvalue weighted by molar-refractivity contribution is 0.410. The van der Waals surface area contributed by atoms with E-state index in [0.717, 1.165) is 22.6 Å². The van der Waals surface area contributed by atoms with E-state index in [1.807, 2.05) is 25.1 Å². The van der Waals surface area contributed by atoms with Crippen molar-refractivity contribution in [1.82, 2.24) is 0 Å². The number of phenols is 1. The second-order valence-corrected chi connectivity index (χ2v) is 4.75. The number of nitrogens with one attached hydrogen (secondary N) is 1. The number of hydrogen-bond acceptors (Lipinski definition) is 3. The van der Waals surface area contributed by atoms with Gasteiger partial charge in [-0.2, -0.15) is 0 Å². The molecule has 0 atom stereocenters. The first-order valence-corrected chi connectivity index (χ1v) is 6.34. The third kappa shape index (κ3) is 3.32. The van der Waals surface area contributed by atoms with Gasteiger partial charge in [-0.3, -0.25) is 0 Å². The molecule has 0 aliphatic carbocycles. The van der Waals surface area contributed by atoms with Crippen molar-refractivity contribution in [3.8, 4) is 11.5 Å². The first kappa shape index (κ1) is 13.6. The van der Waals surface area contributed by atoms with Gasteiger partial charge >= 0.3 is 0 Å². The molecule has 2 rings (SSSR count). The molecule has 0 saturated heterocycles. The van der Waals surface area contributed by atoms with Crippen molar-refractivity contribution in [2.24, 2.45) is 0 Å². The summed E-state index contributed by atoms with van der Waals surface area (Å²) in [6, 6.07) is 10.8. The molecule has 0 bridgehead atoms. The van der Waals surface area contributed by atoms with Gasteiger partial charge in [0.05, 0.1) is 7.11 Å². The number of ether oxygens (including phenoxy) is 1. The van der Waals surface area contributed by atoms with Gasteiger partial charge in [0.2, 0.25) is 0 Å². The standard InChI is InChI=1S/C15H16ClNO2/c1-10-7-13(18)4-5-14(10)17-9-11-8-12(16)3-6-15(11)19-2/h3-8,17-18H,9H2,1-2H3. The molecule has 0 amide bonds. The van der Waals surface area contributed by atoms with Crippen LogP contribution < -0.4 is 10.1 Å². The quantitative estimate of drug-likeness (QED) is 0.831. The van der Waals surface area contributed by atoms with Crippen LogP contribution in [0, 0.1) is 6.92 Å². The van der Waals surface area contributed by atoms with Gasteiger partial charge in [0, 0.05) is 22.8 Å². The largest absolute Gasteiger partial charge is 0.508 e. The lowest BCUT2D eigenvalue weighted by Crippen LogP contribution is -2.03. The Labute approximate surface area is 117 Å². The predicted octanol–water partition coefficient (Wildman–Crippen LogP) is 3.97.